The molecule has 2 aromatic carbocycles. The van der Waals surface area contributed by atoms with Crippen LogP contribution in [-0.4, -0.2) is 0 Å². The smallest absolute Gasteiger partial charge is 0.139 e. The summed E-state index contributed by atoms with van der Waals surface area (Å²) in [6.45, 7) is 3.99. The molecule has 1 unspecified atom stereocenters. The zero-order valence-electron chi connectivity index (χ0n) is 10.5. The van der Waals surface area contributed by atoms with Crippen molar-refractivity contribution in [1.29, 1.82) is 0 Å². The zero-order valence-corrected chi connectivity index (χ0v) is 11.2. The summed E-state index contributed by atoms with van der Waals surface area (Å²) >= 11 is 6.11. The second kappa shape index (κ2) is 5.32. The number of benzene rings is 2. The lowest BCUT2D eigenvalue weighted by molar-refractivity contribution is 0.227. The van der Waals surface area contributed by atoms with Crippen LogP contribution in [0.1, 0.15) is 24.2 Å². The molecule has 0 bridgehead atoms. The van der Waals surface area contributed by atoms with Crippen LogP contribution in [0.15, 0.2) is 42.5 Å². The summed E-state index contributed by atoms with van der Waals surface area (Å²) < 4.78 is 5.88. The first-order valence-corrected chi connectivity index (χ1v) is 6.22. The number of ether oxygens (including phenoxy) is 1. The molecule has 3 heteroatoms. The average Bonchev–Trinajstić information content (AvgIpc) is 2.34. The van der Waals surface area contributed by atoms with Crippen LogP contribution in [0.4, 0.5) is 5.69 Å². The SMILES string of the molecule is Cc1ccc(Cl)c(OC(C)c2cccc(N)c2)c1. The van der Waals surface area contributed by atoms with Gasteiger partial charge in [-0.3, -0.25) is 0 Å². The topological polar surface area (TPSA) is 35.2 Å². The molecule has 0 aromatic heterocycles. The Kier molecular flexibility index (Phi) is 3.78. The minimum atomic E-state index is -0.0900. The highest BCUT2D eigenvalue weighted by molar-refractivity contribution is 6.32. The fourth-order valence-corrected chi connectivity index (χ4v) is 1.93. The predicted molar refractivity (Wildman–Crippen MR) is 76.1 cm³/mol. The van der Waals surface area contributed by atoms with Gasteiger partial charge in [0, 0.05) is 5.69 Å². The van der Waals surface area contributed by atoms with Gasteiger partial charge in [-0.25, -0.2) is 0 Å². The Morgan fingerprint density at radius 1 is 1.17 bits per heavy atom. The summed E-state index contributed by atoms with van der Waals surface area (Å²) in [6.07, 6.45) is -0.0900. The molecule has 1 atom stereocenters. The standard InChI is InChI=1S/C15H16ClNO/c1-10-6-7-14(16)15(8-10)18-11(2)12-4-3-5-13(17)9-12/h3-9,11H,17H2,1-2H3. The van der Waals surface area contributed by atoms with Crippen molar-refractivity contribution in [2.45, 2.75) is 20.0 Å². The summed E-state index contributed by atoms with van der Waals surface area (Å²) in [5.74, 6) is 0.701. The Hall–Kier alpha value is -1.67. The minimum absolute atomic E-state index is 0.0900. The molecule has 0 saturated heterocycles. The van der Waals surface area contributed by atoms with E-state index in [1.54, 1.807) is 0 Å². The molecule has 0 fully saturated rings. The lowest BCUT2D eigenvalue weighted by Crippen LogP contribution is -2.04. The van der Waals surface area contributed by atoms with Gasteiger partial charge < -0.3 is 10.5 Å². The maximum atomic E-state index is 6.11. The molecule has 2 N–H and O–H groups in total. The summed E-state index contributed by atoms with van der Waals surface area (Å²) in [6, 6.07) is 13.4. The summed E-state index contributed by atoms with van der Waals surface area (Å²) in [5.41, 5.74) is 8.65. The molecule has 2 nitrogen and oxygen atoms in total. The summed E-state index contributed by atoms with van der Waals surface area (Å²) in [7, 11) is 0. The van der Waals surface area contributed by atoms with Gasteiger partial charge in [0.25, 0.3) is 0 Å². The highest BCUT2D eigenvalue weighted by Crippen LogP contribution is 2.30. The van der Waals surface area contributed by atoms with E-state index in [2.05, 4.69) is 0 Å². The molecule has 2 aromatic rings. The fraction of sp³-hybridized carbons (Fsp3) is 0.200. The van der Waals surface area contributed by atoms with Gasteiger partial charge >= 0.3 is 0 Å². The van der Waals surface area contributed by atoms with Gasteiger partial charge in [-0.15, -0.1) is 0 Å². The number of anilines is 1. The van der Waals surface area contributed by atoms with E-state index in [0.29, 0.717) is 10.8 Å². The highest BCUT2D eigenvalue weighted by atomic mass is 35.5. The third-order valence-electron chi connectivity index (χ3n) is 2.77. The van der Waals surface area contributed by atoms with Gasteiger partial charge in [0.1, 0.15) is 11.9 Å². The molecule has 0 radical (unpaired) electrons. The Morgan fingerprint density at radius 2 is 1.94 bits per heavy atom. The number of nitrogens with two attached hydrogens (primary N) is 1. The highest BCUT2D eigenvalue weighted by Gasteiger charge is 2.10. The van der Waals surface area contributed by atoms with E-state index in [4.69, 9.17) is 22.1 Å². The Morgan fingerprint density at radius 3 is 2.67 bits per heavy atom. The zero-order chi connectivity index (χ0) is 13.1. The van der Waals surface area contributed by atoms with Gasteiger partial charge in [0.2, 0.25) is 0 Å². The molecule has 2 rings (SSSR count). The number of aryl methyl sites for hydroxylation is 1. The van der Waals surface area contributed by atoms with Gasteiger partial charge in [0.05, 0.1) is 5.02 Å². The van der Waals surface area contributed by atoms with E-state index in [1.165, 1.54) is 0 Å². The van der Waals surface area contributed by atoms with Crippen LogP contribution in [0.5, 0.6) is 5.75 Å². The van der Waals surface area contributed by atoms with E-state index < -0.39 is 0 Å². The van der Waals surface area contributed by atoms with Crippen LogP contribution >= 0.6 is 11.6 Å². The van der Waals surface area contributed by atoms with Crippen LogP contribution in [0, 0.1) is 6.92 Å². The number of hydrogen-bond acceptors (Lipinski definition) is 2. The maximum absolute atomic E-state index is 6.11. The van der Waals surface area contributed by atoms with Crippen molar-refractivity contribution < 1.29 is 4.74 Å². The second-order valence-electron chi connectivity index (χ2n) is 4.36. The van der Waals surface area contributed by atoms with Gasteiger partial charge in [-0.05, 0) is 49.2 Å². The van der Waals surface area contributed by atoms with Crippen molar-refractivity contribution in [3.8, 4) is 5.75 Å². The maximum Gasteiger partial charge on any atom is 0.139 e. The summed E-state index contributed by atoms with van der Waals surface area (Å²) in [5, 5.41) is 0.622. The molecule has 0 aliphatic heterocycles. The third kappa shape index (κ3) is 2.96. The van der Waals surface area contributed by atoms with Crippen molar-refractivity contribution in [3.63, 3.8) is 0 Å². The number of rotatable bonds is 3. The lowest BCUT2D eigenvalue weighted by atomic mass is 10.1. The van der Waals surface area contributed by atoms with E-state index >= 15 is 0 Å². The first-order valence-electron chi connectivity index (χ1n) is 5.84. The fourth-order valence-electron chi connectivity index (χ4n) is 1.77. The number of halogens is 1. The second-order valence-corrected chi connectivity index (χ2v) is 4.77. The molecule has 0 aliphatic rings. The predicted octanol–water partition coefficient (Wildman–Crippen LogP) is 4.37. The molecule has 0 heterocycles. The Labute approximate surface area is 112 Å². The van der Waals surface area contributed by atoms with Crippen LogP contribution in [0.3, 0.4) is 0 Å². The summed E-state index contributed by atoms with van der Waals surface area (Å²) in [4.78, 5) is 0. The van der Waals surface area contributed by atoms with Crippen molar-refractivity contribution in [2.24, 2.45) is 0 Å². The molecule has 0 spiro atoms. The largest absolute Gasteiger partial charge is 0.484 e. The van der Waals surface area contributed by atoms with Crippen LogP contribution in [-0.2, 0) is 0 Å². The molecule has 0 amide bonds. The minimum Gasteiger partial charge on any atom is -0.484 e. The average molecular weight is 262 g/mol. The van der Waals surface area contributed by atoms with Crippen molar-refractivity contribution >= 4 is 17.3 Å². The van der Waals surface area contributed by atoms with Gasteiger partial charge in [-0.1, -0.05) is 29.8 Å². The third-order valence-corrected chi connectivity index (χ3v) is 3.08. The van der Waals surface area contributed by atoms with E-state index in [-0.39, 0.29) is 6.10 Å². The molecule has 0 saturated carbocycles. The van der Waals surface area contributed by atoms with Gasteiger partial charge in [0.15, 0.2) is 0 Å². The van der Waals surface area contributed by atoms with Crippen molar-refractivity contribution in [2.75, 3.05) is 5.73 Å². The Balaban J connectivity index is 2.21. The monoisotopic (exact) mass is 261 g/mol. The van der Waals surface area contributed by atoms with Crippen LogP contribution < -0.4 is 10.5 Å². The van der Waals surface area contributed by atoms with E-state index in [1.807, 2.05) is 56.3 Å². The molecular formula is C15H16ClNO. The number of hydrogen-bond donors (Lipinski definition) is 1. The molecule has 94 valence electrons. The first kappa shape index (κ1) is 12.8. The normalized spacial score (nSPS) is 12.2. The van der Waals surface area contributed by atoms with E-state index in [0.717, 1.165) is 16.8 Å². The quantitative estimate of drug-likeness (QED) is 0.833. The molecule has 0 aliphatic carbocycles. The Bertz CT molecular complexity index is 554. The number of nitrogen functional groups attached to an aromatic ring is 1. The van der Waals surface area contributed by atoms with Crippen molar-refractivity contribution in [3.05, 3.63) is 58.6 Å². The van der Waals surface area contributed by atoms with Gasteiger partial charge in [-0.2, -0.15) is 0 Å². The molecule has 18 heavy (non-hydrogen) atoms. The molecular weight excluding hydrogens is 246 g/mol. The van der Waals surface area contributed by atoms with Crippen LogP contribution in [0.2, 0.25) is 5.02 Å². The lowest BCUT2D eigenvalue weighted by Gasteiger charge is -2.17. The first-order chi connectivity index (χ1) is 8.56. The van der Waals surface area contributed by atoms with E-state index in [9.17, 15) is 0 Å². The van der Waals surface area contributed by atoms with Crippen molar-refractivity contribution in [1.82, 2.24) is 0 Å². The van der Waals surface area contributed by atoms with Crippen LogP contribution in [0.25, 0.3) is 0 Å².